The van der Waals surface area contributed by atoms with Crippen LogP contribution in [0.3, 0.4) is 0 Å². The van der Waals surface area contributed by atoms with Gasteiger partial charge in [0.1, 0.15) is 29.9 Å². The molecule has 1 aromatic heterocycles. The summed E-state index contributed by atoms with van der Waals surface area (Å²) < 4.78 is 6.35. The minimum atomic E-state index is -0.232. The van der Waals surface area contributed by atoms with Gasteiger partial charge in [-0.05, 0) is 57.3 Å². The molecule has 2 aliphatic rings. The number of nitrogens with zero attached hydrogens (tertiary/aromatic N) is 4. The molecule has 1 aromatic carbocycles. The summed E-state index contributed by atoms with van der Waals surface area (Å²) in [5, 5.41) is 12.6. The second kappa shape index (κ2) is 10.7. The molecule has 33 heavy (non-hydrogen) atoms. The smallest absolute Gasteiger partial charge is 0.271 e. The number of benzene rings is 1. The summed E-state index contributed by atoms with van der Waals surface area (Å²) in [6.07, 6.45) is 9.35. The first-order valence-corrected chi connectivity index (χ1v) is 11.6. The highest BCUT2D eigenvalue weighted by Gasteiger charge is 2.38. The zero-order valence-corrected chi connectivity index (χ0v) is 18.9. The SMILES string of the molecule is N#Cc1ccc(O[C@@H]2CC[C@@H](NC(=O)c3cnccn3)C[C@H]2N2CCC(C=O)CC2)cc1Cl. The van der Waals surface area contributed by atoms with E-state index in [-0.39, 0.29) is 30.0 Å². The highest BCUT2D eigenvalue weighted by atomic mass is 35.5. The van der Waals surface area contributed by atoms with Crippen LogP contribution in [0, 0.1) is 17.2 Å². The van der Waals surface area contributed by atoms with Crippen molar-refractivity contribution in [1.82, 2.24) is 20.2 Å². The predicted molar refractivity (Wildman–Crippen MR) is 122 cm³/mol. The molecule has 2 heterocycles. The van der Waals surface area contributed by atoms with Crippen LogP contribution in [0.15, 0.2) is 36.8 Å². The second-order valence-corrected chi connectivity index (χ2v) is 8.97. The molecule has 9 heteroatoms. The number of halogens is 1. The summed E-state index contributed by atoms with van der Waals surface area (Å²) in [5.41, 5.74) is 0.707. The van der Waals surface area contributed by atoms with Crippen LogP contribution < -0.4 is 10.1 Å². The molecule has 1 aliphatic carbocycles. The summed E-state index contributed by atoms with van der Waals surface area (Å²) in [6.45, 7) is 1.62. The summed E-state index contributed by atoms with van der Waals surface area (Å²) in [4.78, 5) is 34.2. The molecule has 1 saturated heterocycles. The van der Waals surface area contributed by atoms with E-state index in [1.165, 1.54) is 18.6 Å². The van der Waals surface area contributed by atoms with Gasteiger partial charge in [-0.3, -0.25) is 14.7 Å². The zero-order chi connectivity index (χ0) is 23.2. The van der Waals surface area contributed by atoms with Gasteiger partial charge in [-0.2, -0.15) is 5.26 Å². The predicted octanol–water partition coefficient (Wildman–Crippen LogP) is 3.01. The van der Waals surface area contributed by atoms with Crippen molar-refractivity contribution < 1.29 is 14.3 Å². The summed E-state index contributed by atoms with van der Waals surface area (Å²) in [5.74, 6) is 0.497. The van der Waals surface area contributed by atoms with Crippen molar-refractivity contribution in [3.05, 3.63) is 53.1 Å². The molecule has 2 aromatic rings. The Bertz CT molecular complexity index is 1020. The molecule has 1 amide bonds. The van der Waals surface area contributed by atoms with Gasteiger partial charge >= 0.3 is 0 Å². The standard InChI is InChI=1S/C24H26ClN5O3/c25-20-12-19(3-1-17(20)13-26)33-23-4-2-18(29-24(32)21-14-27-7-8-28-21)11-22(23)30-9-5-16(15-31)6-10-30/h1,3,7-8,12,14-16,18,22-23H,2,4-6,9-11H2,(H,29,32)/t18-,22-,23-/m1/s1. The van der Waals surface area contributed by atoms with E-state index in [4.69, 9.17) is 21.6 Å². The number of aldehydes is 1. The van der Waals surface area contributed by atoms with E-state index in [9.17, 15) is 9.59 Å². The number of ether oxygens (including phenoxy) is 1. The van der Waals surface area contributed by atoms with E-state index < -0.39 is 0 Å². The quantitative estimate of drug-likeness (QED) is 0.650. The Balaban J connectivity index is 1.47. The third-order valence-electron chi connectivity index (χ3n) is 6.47. The highest BCUT2D eigenvalue weighted by molar-refractivity contribution is 6.31. The Morgan fingerprint density at radius 3 is 2.73 bits per heavy atom. The van der Waals surface area contributed by atoms with Crippen LogP contribution in [0.2, 0.25) is 5.02 Å². The minimum absolute atomic E-state index is 0.0160. The van der Waals surface area contributed by atoms with Gasteiger partial charge in [-0.15, -0.1) is 0 Å². The average molecular weight is 468 g/mol. The Morgan fingerprint density at radius 1 is 1.24 bits per heavy atom. The monoisotopic (exact) mass is 467 g/mol. The number of hydrogen-bond donors (Lipinski definition) is 1. The third-order valence-corrected chi connectivity index (χ3v) is 6.78. The number of piperidine rings is 1. The lowest BCUT2D eigenvalue weighted by Gasteiger charge is -2.44. The number of carbonyl (C=O) groups is 2. The lowest BCUT2D eigenvalue weighted by Crippen LogP contribution is -2.55. The van der Waals surface area contributed by atoms with E-state index in [0.717, 1.165) is 51.5 Å². The van der Waals surface area contributed by atoms with Crippen LogP contribution in [0.1, 0.15) is 48.2 Å². The Morgan fingerprint density at radius 2 is 2.06 bits per heavy atom. The van der Waals surface area contributed by atoms with Gasteiger partial charge in [0.05, 0.1) is 16.8 Å². The minimum Gasteiger partial charge on any atom is -0.489 e. The van der Waals surface area contributed by atoms with Crippen LogP contribution in [0.25, 0.3) is 0 Å². The van der Waals surface area contributed by atoms with E-state index in [0.29, 0.717) is 22.0 Å². The van der Waals surface area contributed by atoms with Crippen molar-refractivity contribution in [2.75, 3.05) is 13.1 Å². The number of nitriles is 1. The summed E-state index contributed by atoms with van der Waals surface area (Å²) in [6, 6.07) is 7.23. The molecular formula is C24H26ClN5O3. The normalized spacial score (nSPS) is 23.9. The molecule has 0 radical (unpaired) electrons. The molecule has 1 saturated carbocycles. The van der Waals surface area contributed by atoms with Crippen molar-refractivity contribution in [2.45, 2.75) is 50.3 Å². The van der Waals surface area contributed by atoms with Gasteiger partial charge in [-0.25, -0.2) is 4.98 Å². The number of amides is 1. The van der Waals surface area contributed by atoms with Crippen molar-refractivity contribution in [3.8, 4) is 11.8 Å². The van der Waals surface area contributed by atoms with Crippen LogP contribution in [0.4, 0.5) is 0 Å². The first-order valence-electron chi connectivity index (χ1n) is 11.2. The third kappa shape index (κ3) is 5.67. The summed E-state index contributed by atoms with van der Waals surface area (Å²) >= 11 is 6.20. The van der Waals surface area contributed by atoms with Crippen LogP contribution >= 0.6 is 11.6 Å². The topological polar surface area (TPSA) is 108 Å². The number of likely N-dealkylation sites (tertiary alicyclic amines) is 1. The fourth-order valence-corrected chi connectivity index (χ4v) is 4.88. The fraction of sp³-hybridized carbons (Fsp3) is 0.458. The molecule has 4 rings (SSSR count). The van der Waals surface area contributed by atoms with Gasteiger partial charge in [-0.1, -0.05) is 11.6 Å². The van der Waals surface area contributed by atoms with Crippen LogP contribution in [-0.2, 0) is 4.79 Å². The maximum Gasteiger partial charge on any atom is 0.271 e. The van der Waals surface area contributed by atoms with E-state index >= 15 is 0 Å². The number of aromatic nitrogens is 2. The Hall–Kier alpha value is -3.02. The van der Waals surface area contributed by atoms with Gasteiger partial charge < -0.3 is 14.8 Å². The maximum atomic E-state index is 12.6. The molecule has 1 N–H and O–H groups in total. The number of nitrogens with one attached hydrogen (secondary N) is 1. The molecule has 8 nitrogen and oxygen atoms in total. The van der Waals surface area contributed by atoms with Gasteiger partial charge in [0.25, 0.3) is 5.91 Å². The largest absolute Gasteiger partial charge is 0.489 e. The van der Waals surface area contributed by atoms with Gasteiger partial charge in [0.2, 0.25) is 0 Å². The van der Waals surface area contributed by atoms with Crippen molar-refractivity contribution in [3.63, 3.8) is 0 Å². The van der Waals surface area contributed by atoms with Crippen molar-refractivity contribution in [2.24, 2.45) is 5.92 Å². The lowest BCUT2D eigenvalue weighted by molar-refractivity contribution is -0.112. The number of rotatable bonds is 6. The molecule has 0 unspecified atom stereocenters. The maximum absolute atomic E-state index is 12.6. The van der Waals surface area contributed by atoms with Gasteiger partial charge in [0, 0.05) is 36.5 Å². The molecule has 0 bridgehead atoms. The average Bonchev–Trinajstić information content (AvgIpc) is 2.85. The lowest BCUT2D eigenvalue weighted by atomic mass is 9.85. The van der Waals surface area contributed by atoms with Crippen molar-refractivity contribution >= 4 is 23.8 Å². The number of hydrogen-bond acceptors (Lipinski definition) is 7. The summed E-state index contributed by atoms with van der Waals surface area (Å²) in [7, 11) is 0. The number of carbonyl (C=O) groups excluding carboxylic acids is 2. The first-order chi connectivity index (χ1) is 16.1. The second-order valence-electron chi connectivity index (χ2n) is 8.56. The Labute approximate surface area is 197 Å². The molecule has 0 spiro atoms. The fourth-order valence-electron chi connectivity index (χ4n) is 4.67. The van der Waals surface area contributed by atoms with Crippen LogP contribution in [0.5, 0.6) is 5.75 Å². The van der Waals surface area contributed by atoms with E-state index in [2.05, 4.69) is 26.3 Å². The Kier molecular flexibility index (Phi) is 7.53. The highest BCUT2D eigenvalue weighted by Crippen LogP contribution is 2.32. The molecule has 172 valence electrons. The molecular weight excluding hydrogens is 442 g/mol. The molecule has 3 atom stereocenters. The van der Waals surface area contributed by atoms with Crippen molar-refractivity contribution in [1.29, 1.82) is 5.26 Å². The molecule has 2 fully saturated rings. The van der Waals surface area contributed by atoms with Gasteiger partial charge in [0.15, 0.2) is 0 Å². The van der Waals surface area contributed by atoms with E-state index in [1.807, 2.05) is 0 Å². The zero-order valence-electron chi connectivity index (χ0n) is 18.2. The van der Waals surface area contributed by atoms with E-state index in [1.54, 1.807) is 18.2 Å². The molecule has 1 aliphatic heterocycles. The van der Waals surface area contributed by atoms with Crippen LogP contribution in [-0.4, -0.2) is 58.3 Å². The first kappa shape index (κ1) is 23.1.